The Morgan fingerprint density at radius 2 is 2.25 bits per heavy atom. The molecule has 1 aromatic heterocycles. The second kappa shape index (κ2) is 5.37. The number of anilines is 1. The Balaban J connectivity index is 1.99. The number of aliphatic hydroxyl groups is 1. The first-order chi connectivity index (χ1) is 9.67. The molecule has 1 aromatic carbocycles. The molecule has 3 nitrogen and oxygen atoms in total. The first-order valence-electron chi connectivity index (χ1n) is 7.10. The van der Waals surface area contributed by atoms with Crippen LogP contribution in [-0.2, 0) is 0 Å². The number of rotatable bonds is 2. The second-order valence-corrected chi connectivity index (χ2v) is 5.60. The number of nitrogens with zero attached hydrogens (tertiary/aromatic N) is 2. The van der Waals surface area contributed by atoms with Crippen LogP contribution < -0.4 is 4.90 Å². The van der Waals surface area contributed by atoms with Crippen LogP contribution in [0.4, 0.5) is 10.2 Å². The van der Waals surface area contributed by atoms with E-state index in [1.807, 2.05) is 6.92 Å². The summed E-state index contributed by atoms with van der Waals surface area (Å²) in [7, 11) is 0. The maximum Gasteiger partial charge on any atom is 0.129 e. The first-order valence-corrected chi connectivity index (χ1v) is 7.10. The van der Waals surface area contributed by atoms with Gasteiger partial charge in [0.25, 0.3) is 0 Å². The van der Waals surface area contributed by atoms with Crippen molar-refractivity contribution in [1.82, 2.24) is 4.98 Å². The van der Waals surface area contributed by atoms with Gasteiger partial charge in [0.1, 0.15) is 11.6 Å². The van der Waals surface area contributed by atoms with Crippen molar-refractivity contribution in [3.8, 4) is 0 Å². The molecule has 4 heteroatoms. The highest BCUT2D eigenvalue weighted by molar-refractivity contribution is 5.84. The zero-order chi connectivity index (χ0) is 14.1. The van der Waals surface area contributed by atoms with E-state index in [9.17, 15) is 9.50 Å². The summed E-state index contributed by atoms with van der Waals surface area (Å²) in [5.41, 5.74) is 1.81. The Hall–Kier alpha value is -1.68. The lowest BCUT2D eigenvalue weighted by atomic mass is 9.99. The van der Waals surface area contributed by atoms with E-state index in [0.717, 1.165) is 42.7 Å². The molecule has 0 spiro atoms. The summed E-state index contributed by atoms with van der Waals surface area (Å²) in [5, 5.41) is 10.3. The van der Waals surface area contributed by atoms with Gasteiger partial charge in [0.15, 0.2) is 0 Å². The van der Waals surface area contributed by atoms with Gasteiger partial charge in [-0.15, -0.1) is 0 Å². The molecule has 1 N–H and O–H groups in total. The van der Waals surface area contributed by atoms with Crippen LogP contribution in [-0.4, -0.2) is 29.8 Å². The van der Waals surface area contributed by atoms with Gasteiger partial charge in [-0.05, 0) is 49.4 Å². The Kier molecular flexibility index (Phi) is 3.57. The van der Waals surface area contributed by atoms with E-state index in [-0.39, 0.29) is 12.4 Å². The first kappa shape index (κ1) is 13.3. The Labute approximate surface area is 118 Å². The number of benzene rings is 1. The number of fused-ring (bicyclic) bond motifs is 1. The van der Waals surface area contributed by atoms with E-state index in [4.69, 9.17) is 0 Å². The zero-order valence-electron chi connectivity index (χ0n) is 11.6. The van der Waals surface area contributed by atoms with E-state index in [1.165, 1.54) is 12.1 Å². The van der Waals surface area contributed by atoms with Gasteiger partial charge in [0.2, 0.25) is 0 Å². The number of aliphatic hydroxyl groups excluding tert-OH is 1. The number of hydrogen-bond acceptors (Lipinski definition) is 3. The van der Waals surface area contributed by atoms with Gasteiger partial charge >= 0.3 is 0 Å². The maximum atomic E-state index is 13.4. The molecule has 1 fully saturated rings. The molecule has 2 heterocycles. The maximum absolute atomic E-state index is 13.4. The van der Waals surface area contributed by atoms with E-state index < -0.39 is 0 Å². The van der Waals surface area contributed by atoms with E-state index in [1.54, 1.807) is 6.07 Å². The summed E-state index contributed by atoms with van der Waals surface area (Å²) in [6.07, 6.45) is 2.13. The summed E-state index contributed by atoms with van der Waals surface area (Å²) in [4.78, 5) is 6.79. The minimum atomic E-state index is -0.256. The molecule has 20 heavy (non-hydrogen) atoms. The van der Waals surface area contributed by atoms with Crippen molar-refractivity contribution in [3.63, 3.8) is 0 Å². The number of pyridine rings is 1. The summed E-state index contributed by atoms with van der Waals surface area (Å²) < 4.78 is 13.4. The number of aromatic nitrogens is 1. The van der Waals surface area contributed by atoms with Crippen molar-refractivity contribution in [2.75, 3.05) is 24.6 Å². The molecule has 1 aliphatic heterocycles. The molecule has 1 atom stereocenters. The van der Waals surface area contributed by atoms with Crippen LogP contribution in [0.3, 0.4) is 0 Å². The smallest absolute Gasteiger partial charge is 0.129 e. The molecule has 0 amide bonds. The van der Waals surface area contributed by atoms with Crippen LogP contribution >= 0.6 is 0 Å². The zero-order valence-corrected chi connectivity index (χ0v) is 11.6. The molecule has 2 aromatic rings. The van der Waals surface area contributed by atoms with Crippen molar-refractivity contribution >= 4 is 16.7 Å². The normalized spacial score (nSPS) is 19.6. The third-order valence-electron chi connectivity index (χ3n) is 4.07. The van der Waals surface area contributed by atoms with Crippen LogP contribution in [0.2, 0.25) is 0 Å². The van der Waals surface area contributed by atoms with E-state index in [0.29, 0.717) is 11.4 Å². The van der Waals surface area contributed by atoms with Crippen molar-refractivity contribution in [2.45, 2.75) is 19.8 Å². The minimum Gasteiger partial charge on any atom is -0.396 e. The highest BCUT2D eigenvalue weighted by Crippen LogP contribution is 2.26. The summed E-state index contributed by atoms with van der Waals surface area (Å²) in [6, 6.07) is 6.79. The van der Waals surface area contributed by atoms with Gasteiger partial charge in [-0.25, -0.2) is 9.37 Å². The molecule has 0 radical (unpaired) electrons. The number of piperidine rings is 1. The largest absolute Gasteiger partial charge is 0.396 e. The van der Waals surface area contributed by atoms with Crippen molar-refractivity contribution < 1.29 is 9.50 Å². The van der Waals surface area contributed by atoms with E-state index >= 15 is 0 Å². The predicted octanol–water partition coefficient (Wildman–Crippen LogP) is 2.89. The Morgan fingerprint density at radius 1 is 1.40 bits per heavy atom. The molecule has 3 rings (SSSR count). The average Bonchev–Trinajstić information content (AvgIpc) is 2.46. The molecule has 0 bridgehead atoms. The molecular formula is C16H19FN2O. The van der Waals surface area contributed by atoms with Gasteiger partial charge in [-0.1, -0.05) is 0 Å². The molecule has 1 unspecified atom stereocenters. The minimum absolute atomic E-state index is 0.220. The van der Waals surface area contributed by atoms with Gasteiger partial charge < -0.3 is 10.0 Å². The van der Waals surface area contributed by atoms with Gasteiger partial charge in [-0.2, -0.15) is 0 Å². The predicted molar refractivity (Wildman–Crippen MR) is 78.5 cm³/mol. The fourth-order valence-electron chi connectivity index (χ4n) is 2.94. The number of halogens is 1. The fraction of sp³-hybridized carbons (Fsp3) is 0.438. The van der Waals surface area contributed by atoms with Crippen LogP contribution in [0.5, 0.6) is 0 Å². The molecular weight excluding hydrogens is 255 g/mol. The molecule has 1 saturated heterocycles. The van der Waals surface area contributed by atoms with Crippen LogP contribution in [0, 0.1) is 18.7 Å². The second-order valence-electron chi connectivity index (χ2n) is 5.60. The summed E-state index contributed by atoms with van der Waals surface area (Å²) in [6.45, 7) is 4.02. The lowest BCUT2D eigenvalue weighted by molar-refractivity contribution is 0.208. The molecule has 0 aliphatic carbocycles. The van der Waals surface area contributed by atoms with Crippen LogP contribution in [0.25, 0.3) is 10.9 Å². The standard InChI is InChI=1S/C16H19FN2O/c1-11-7-16(19-6-2-3-12(9-19)10-20)18-15-8-13(17)4-5-14(11)15/h4-5,7-8,12,20H,2-3,6,9-10H2,1H3. The fourth-order valence-corrected chi connectivity index (χ4v) is 2.94. The third-order valence-corrected chi connectivity index (χ3v) is 4.07. The van der Waals surface area contributed by atoms with Gasteiger partial charge in [-0.3, -0.25) is 0 Å². The average molecular weight is 274 g/mol. The summed E-state index contributed by atoms with van der Waals surface area (Å²) >= 11 is 0. The van der Waals surface area contributed by atoms with Crippen molar-refractivity contribution in [3.05, 3.63) is 35.6 Å². The molecule has 1 aliphatic rings. The number of aryl methyl sites for hydroxylation is 1. The van der Waals surface area contributed by atoms with Crippen molar-refractivity contribution in [2.24, 2.45) is 5.92 Å². The summed E-state index contributed by atoms with van der Waals surface area (Å²) in [5.74, 6) is 0.946. The Bertz CT molecular complexity index is 629. The lowest BCUT2D eigenvalue weighted by Crippen LogP contribution is -2.37. The van der Waals surface area contributed by atoms with Gasteiger partial charge in [0.05, 0.1) is 5.52 Å². The quantitative estimate of drug-likeness (QED) is 0.914. The highest BCUT2D eigenvalue weighted by atomic mass is 19.1. The SMILES string of the molecule is Cc1cc(N2CCCC(CO)C2)nc2cc(F)ccc12. The topological polar surface area (TPSA) is 36.4 Å². The van der Waals surface area contributed by atoms with Crippen LogP contribution in [0.1, 0.15) is 18.4 Å². The van der Waals surface area contributed by atoms with E-state index in [2.05, 4.69) is 16.0 Å². The lowest BCUT2D eigenvalue weighted by Gasteiger charge is -2.33. The van der Waals surface area contributed by atoms with Crippen molar-refractivity contribution in [1.29, 1.82) is 0 Å². The number of hydrogen-bond donors (Lipinski definition) is 1. The van der Waals surface area contributed by atoms with Crippen LogP contribution in [0.15, 0.2) is 24.3 Å². The molecule has 0 saturated carbocycles. The Morgan fingerprint density at radius 3 is 3.05 bits per heavy atom. The highest BCUT2D eigenvalue weighted by Gasteiger charge is 2.20. The monoisotopic (exact) mass is 274 g/mol. The third kappa shape index (κ3) is 2.48. The van der Waals surface area contributed by atoms with Gasteiger partial charge in [0, 0.05) is 31.1 Å². The molecule has 106 valence electrons.